The van der Waals surface area contributed by atoms with Gasteiger partial charge in [-0.3, -0.25) is 9.59 Å². The fraction of sp³-hybridized carbons (Fsp3) is 0.417. The maximum absolute atomic E-state index is 12.9. The highest BCUT2D eigenvalue weighted by Crippen LogP contribution is 2.37. The average molecular weight is 389 g/mol. The quantitative estimate of drug-likeness (QED) is 0.863. The van der Waals surface area contributed by atoms with Gasteiger partial charge in [-0.25, -0.2) is 0 Å². The Morgan fingerprint density at radius 3 is 2.38 bits per heavy atom. The second kappa shape index (κ2) is 7.21. The van der Waals surface area contributed by atoms with Gasteiger partial charge in [0.25, 0.3) is 5.91 Å². The molecule has 1 N–H and O–H groups in total. The van der Waals surface area contributed by atoms with Crippen molar-refractivity contribution in [3.8, 4) is 0 Å². The molecule has 29 heavy (non-hydrogen) atoms. The zero-order chi connectivity index (χ0) is 20.0. The van der Waals surface area contributed by atoms with E-state index in [0.717, 1.165) is 60.9 Å². The van der Waals surface area contributed by atoms with E-state index in [-0.39, 0.29) is 11.8 Å². The van der Waals surface area contributed by atoms with Crippen molar-refractivity contribution in [1.82, 2.24) is 0 Å². The maximum Gasteiger partial charge on any atom is 0.255 e. The van der Waals surface area contributed by atoms with Gasteiger partial charge in [0.05, 0.1) is 5.69 Å². The van der Waals surface area contributed by atoms with E-state index < -0.39 is 0 Å². The molecule has 2 aromatic rings. The number of hydrogen-bond donors (Lipinski definition) is 1. The lowest BCUT2D eigenvalue weighted by molar-refractivity contribution is -0.118. The number of piperidine rings is 1. The van der Waals surface area contributed by atoms with Crippen LogP contribution < -0.4 is 15.1 Å². The molecule has 0 radical (unpaired) electrons. The van der Waals surface area contributed by atoms with Crippen molar-refractivity contribution in [2.75, 3.05) is 34.8 Å². The number of aryl methyl sites for hydroxylation is 1. The number of anilines is 3. The number of amides is 2. The minimum atomic E-state index is -0.0843. The molecule has 0 atom stereocenters. The van der Waals surface area contributed by atoms with Crippen LogP contribution in [0.25, 0.3) is 0 Å². The van der Waals surface area contributed by atoms with Crippen LogP contribution in [0.15, 0.2) is 36.4 Å². The van der Waals surface area contributed by atoms with Crippen LogP contribution in [-0.4, -0.2) is 31.4 Å². The fourth-order valence-electron chi connectivity index (χ4n) is 4.81. The Balaban J connectivity index is 1.30. The largest absolute Gasteiger partial charge is 0.372 e. The monoisotopic (exact) mass is 389 g/mol. The SMILES string of the molecule is CC1CCN(c2ccc(NC(=O)c3cc4c5c(c3)CCN5C(=O)CC4)cc2)CC1. The molecule has 0 unspecified atom stereocenters. The second-order valence-corrected chi connectivity index (χ2v) is 8.61. The number of rotatable bonds is 3. The zero-order valence-corrected chi connectivity index (χ0v) is 16.9. The Labute approximate surface area is 171 Å². The summed E-state index contributed by atoms with van der Waals surface area (Å²) < 4.78 is 0. The highest BCUT2D eigenvalue weighted by molar-refractivity contribution is 6.06. The molecule has 0 saturated carbocycles. The average Bonchev–Trinajstić information content (AvgIpc) is 3.17. The smallest absolute Gasteiger partial charge is 0.255 e. The molecule has 0 bridgehead atoms. The van der Waals surface area contributed by atoms with Crippen molar-refractivity contribution < 1.29 is 9.59 Å². The fourth-order valence-corrected chi connectivity index (χ4v) is 4.81. The van der Waals surface area contributed by atoms with E-state index in [2.05, 4.69) is 29.3 Å². The van der Waals surface area contributed by atoms with Crippen molar-refractivity contribution >= 4 is 28.9 Å². The van der Waals surface area contributed by atoms with Crippen LogP contribution in [0.3, 0.4) is 0 Å². The van der Waals surface area contributed by atoms with Gasteiger partial charge in [0.15, 0.2) is 0 Å². The van der Waals surface area contributed by atoms with Gasteiger partial charge in [0.1, 0.15) is 0 Å². The van der Waals surface area contributed by atoms with Crippen molar-refractivity contribution in [2.24, 2.45) is 5.92 Å². The van der Waals surface area contributed by atoms with E-state index in [0.29, 0.717) is 12.0 Å². The predicted molar refractivity (Wildman–Crippen MR) is 116 cm³/mol. The van der Waals surface area contributed by atoms with Crippen LogP contribution in [0.4, 0.5) is 17.1 Å². The lowest BCUT2D eigenvalue weighted by Crippen LogP contribution is -2.33. The van der Waals surface area contributed by atoms with Gasteiger partial charge in [0.2, 0.25) is 5.91 Å². The van der Waals surface area contributed by atoms with Gasteiger partial charge >= 0.3 is 0 Å². The molecule has 5 heteroatoms. The molecule has 0 aliphatic carbocycles. The predicted octanol–water partition coefficient (Wildman–Crippen LogP) is 4.01. The minimum absolute atomic E-state index is 0.0843. The van der Waals surface area contributed by atoms with Crippen LogP contribution in [-0.2, 0) is 17.6 Å². The first kappa shape index (κ1) is 18.2. The first-order chi connectivity index (χ1) is 14.1. The van der Waals surface area contributed by atoms with Crippen LogP contribution >= 0.6 is 0 Å². The lowest BCUT2D eigenvalue weighted by atomic mass is 9.96. The first-order valence-electron chi connectivity index (χ1n) is 10.7. The van der Waals surface area contributed by atoms with Crippen molar-refractivity contribution in [2.45, 2.75) is 39.0 Å². The van der Waals surface area contributed by atoms with Crippen LogP contribution in [0.2, 0.25) is 0 Å². The van der Waals surface area contributed by atoms with Crippen molar-refractivity contribution in [3.05, 3.63) is 53.1 Å². The molecular weight excluding hydrogens is 362 g/mol. The molecule has 3 aliphatic heterocycles. The Bertz CT molecular complexity index is 959. The van der Waals surface area contributed by atoms with Gasteiger partial charge in [-0.1, -0.05) is 6.92 Å². The van der Waals surface area contributed by atoms with Gasteiger partial charge in [-0.2, -0.15) is 0 Å². The molecule has 0 aromatic heterocycles. The zero-order valence-electron chi connectivity index (χ0n) is 16.9. The van der Waals surface area contributed by atoms with E-state index in [1.807, 2.05) is 29.2 Å². The highest BCUT2D eigenvalue weighted by Gasteiger charge is 2.32. The number of nitrogens with zero attached hydrogens (tertiary/aromatic N) is 2. The Hall–Kier alpha value is -2.82. The summed E-state index contributed by atoms with van der Waals surface area (Å²) >= 11 is 0. The van der Waals surface area contributed by atoms with Gasteiger partial charge in [-0.05, 0) is 79.1 Å². The number of carbonyl (C=O) groups excluding carboxylic acids is 2. The van der Waals surface area contributed by atoms with E-state index >= 15 is 0 Å². The van der Waals surface area contributed by atoms with Crippen molar-refractivity contribution in [1.29, 1.82) is 0 Å². The molecule has 0 spiro atoms. The molecule has 1 saturated heterocycles. The molecule has 5 nitrogen and oxygen atoms in total. The summed E-state index contributed by atoms with van der Waals surface area (Å²) in [5.41, 5.74) is 6.02. The second-order valence-electron chi connectivity index (χ2n) is 8.61. The van der Waals surface area contributed by atoms with Crippen LogP contribution in [0.5, 0.6) is 0 Å². The summed E-state index contributed by atoms with van der Waals surface area (Å²) in [6.07, 6.45) is 4.57. The van der Waals surface area contributed by atoms with Crippen LogP contribution in [0, 0.1) is 5.92 Å². The summed E-state index contributed by atoms with van der Waals surface area (Å²) in [6.45, 7) is 5.26. The summed E-state index contributed by atoms with van der Waals surface area (Å²) in [6, 6.07) is 12.1. The first-order valence-corrected chi connectivity index (χ1v) is 10.7. The number of nitrogens with one attached hydrogen (secondary N) is 1. The standard InChI is InChI=1S/C24H27N3O2/c1-16-8-11-26(12-9-16)21-5-3-20(4-6-21)25-24(29)19-14-17-2-7-22(28)27-13-10-18(15-19)23(17)27/h3-6,14-16H,2,7-13H2,1H3,(H,25,29). The van der Waals surface area contributed by atoms with Crippen molar-refractivity contribution in [3.63, 3.8) is 0 Å². The number of hydrogen-bond acceptors (Lipinski definition) is 3. The van der Waals surface area contributed by atoms with Gasteiger partial charge in [0, 0.05) is 43.0 Å². The molecule has 2 aromatic carbocycles. The minimum Gasteiger partial charge on any atom is -0.372 e. The normalized spacial score (nSPS) is 18.7. The summed E-state index contributed by atoms with van der Waals surface area (Å²) in [7, 11) is 0. The van der Waals surface area contributed by atoms with E-state index in [1.54, 1.807) is 0 Å². The molecule has 1 fully saturated rings. The van der Waals surface area contributed by atoms with E-state index in [1.165, 1.54) is 18.5 Å². The Kier molecular flexibility index (Phi) is 4.53. The van der Waals surface area contributed by atoms with Crippen LogP contribution in [0.1, 0.15) is 47.7 Å². The maximum atomic E-state index is 12.9. The molecule has 3 heterocycles. The highest BCUT2D eigenvalue weighted by atomic mass is 16.2. The lowest BCUT2D eigenvalue weighted by Gasteiger charge is -2.32. The van der Waals surface area contributed by atoms with E-state index in [4.69, 9.17) is 0 Å². The molecule has 150 valence electrons. The summed E-state index contributed by atoms with van der Waals surface area (Å²) in [5.74, 6) is 0.934. The third-order valence-electron chi connectivity index (χ3n) is 6.59. The van der Waals surface area contributed by atoms with Gasteiger partial charge in [-0.15, -0.1) is 0 Å². The third kappa shape index (κ3) is 3.39. The Morgan fingerprint density at radius 2 is 1.66 bits per heavy atom. The molecular formula is C24H27N3O2. The molecule has 3 aliphatic rings. The molecule has 5 rings (SSSR count). The third-order valence-corrected chi connectivity index (χ3v) is 6.59. The topological polar surface area (TPSA) is 52.7 Å². The van der Waals surface area contributed by atoms with Gasteiger partial charge < -0.3 is 15.1 Å². The summed E-state index contributed by atoms with van der Waals surface area (Å²) in [4.78, 5) is 29.3. The molecule has 2 amide bonds. The number of benzene rings is 2. The Morgan fingerprint density at radius 1 is 0.966 bits per heavy atom. The summed E-state index contributed by atoms with van der Waals surface area (Å²) in [5, 5.41) is 3.04. The number of carbonyl (C=O) groups is 2. The van der Waals surface area contributed by atoms with E-state index in [9.17, 15) is 9.59 Å².